The number of rotatable bonds is 4. The van der Waals surface area contributed by atoms with Crippen LogP contribution < -0.4 is 0 Å². The van der Waals surface area contributed by atoms with Crippen LogP contribution in [0.4, 0.5) is 0 Å². The molecular weight excluding hydrogens is 254 g/mol. The topological polar surface area (TPSA) is 51.3 Å². The summed E-state index contributed by atoms with van der Waals surface area (Å²) in [5.41, 5.74) is 0.681. The highest BCUT2D eigenvalue weighted by Crippen LogP contribution is 2.16. The summed E-state index contributed by atoms with van der Waals surface area (Å²) in [6, 6.07) is 3.31. The van der Waals surface area contributed by atoms with Crippen LogP contribution in [0.3, 0.4) is 0 Å². The van der Waals surface area contributed by atoms with Crippen LogP contribution in [0.2, 0.25) is 5.02 Å². The lowest BCUT2D eigenvalue weighted by atomic mass is 10.3. The molecule has 0 saturated carbocycles. The van der Waals surface area contributed by atoms with E-state index in [1.54, 1.807) is 30.1 Å². The Hall–Kier alpha value is -1.75. The predicted octanol–water partition coefficient (Wildman–Crippen LogP) is 2.42. The molecule has 2 aromatic rings. The van der Waals surface area contributed by atoms with Gasteiger partial charge in [-0.15, -0.1) is 0 Å². The van der Waals surface area contributed by atoms with Crippen molar-refractivity contribution in [2.75, 3.05) is 7.05 Å². The zero-order chi connectivity index (χ0) is 13.1. The summed E-state index contributed by atoms with van der Waals surface area (Å²) in [6.07, 6.45) is 3.22. The highest BCUT2D eigenvalue weighted by atomic mass is 35.5. The van der Waals surface area contributed by atoms with Crippen LogP contribution in [-0.4, -0.2) is 27.6 Å². The molecule has 0 saturated heterocycles. The Morgan fingerprint density at radius 1 is 1.61 bits per heavy atom. The molecular formula is C12H14ClN3O2. The van der Waals surface area contributed by atoms with Gasteiger partial charge in [-0.25, -0.2) is 0 Å². The van der Waals surface area contributed by atoms with E-state index in [0.717, 1.165) is 6.54 Å². The number of aromatic nitrogens is 2. The highest BCUT2D eigenvalue weighted by Gasteiger charge is 2.17. The van der Waals surface area contributed by atoms with Crippen LogP contribution >= 0.6 is 11.6 Å². The van der Waals surface area contributed by atoms with Crippen molar-refractivity contribution >= 4 is 17.5 Å². The van der Waals surface area contributed by atoms with Gasteiger partial charge in [-0.1, -0.05) is 11.6 Å². The zero-order valence-electron chi connectivity index (χ0n) is 10.3. The first-order valence-corrected chi connectivity index (χ1v) is 6.00. The minimum atomic E-state index is -0.192. The number of nitrogens with zero attached hydrogens (tertiary/aromatic N) is 3. The number of hydrogen-bond acceptors (Lipinski definition) is 3. The first-order valence-electron chi connectivity index (χ1n) is 5.62. The van der Waals surface area contributed by atoms with Crippen molar-refractivity contribution < 1.29 is 9.21 Å². The fourth-order valence-electron chi connectivity index (χ4n) is 1.59. The maximum atomic E-state index is 12.0. The van der Waals surface area contributed by atoms with Gasteiger partial charge in [0.15, 0.2) is 5.76 Å². The van der Waals surface area contributed by atoms with Gasteiger partial charge in [0, 0.05) is 19.8 Å². The lowest BCUT2D eigenvalue weighted by Crippen LogP contribution is -2.26. The van der Waals surface area contributed by atoms with E-state index in [1.807, 2.05) is 6.92 Å². The summed E-state index contributed by atoms with van der Waals surface area (Å²) < 4.78 is 6.80. The van der Waals surface area contributed by atoms with Crippen LogP contribution in [0.5, 0.6) is 0 Å². The minimum Gasteiger partial charge on any atom is -0.459 e. The number of furan rings is 1. The molecule has 1 amide bonds. The minimum absolute atomic E-state index is 0.192. The van der Waals surface area contributed by atoms with Crippen LogP contribution in [0.1, 0.15) is 23.2 Å². The summed E-state index contributed by atoms with van der Waals surface area (Å²) in [4.78, 5) is 13.5. The summed E-state index contributed by atoms with van der Waals surface area (Å²) in [7, 11) is 1.69. The molecule has 0 aliphatic rings. The summed E-state index contributed by atoms with van der Waals surface area (Å²) in [5.74, 6) is 0.116. The van der Waals surface area contributed by atoms with Gasteiger partial charge in [0.1, 0.15) is 5.69 Å². The molecule has 0 bridgehead atoms. The average molecular weight is 268 g/mol. The second-order valence-electron chi connectivity index (χ2n) is 3.92. The number of carbonyl (C=O) groups is 1. The van der Waals surface area contributed by atoms with Crippen molar-refractivity contribution in [1.82, 2.24) is 14.7 Å². The Kier molecular flexibility index (Phi) is 3.72. The summed E-state index contributed by atoms with van der Waals surface area (Å²) in [6.45, 7) is 3.08. The van der Waals surface area contributed by atoms with E-state index < -0.39 is 0 Å². The molecule has 0 atom stereocenters. The maximum Gasteiger partial charge on any atom is 0.289 e. The molecule has 2 rings (SSSR count). The van der Waals surface area contributed by atoms with Gasteiger partial charge in [0.2, 0.25) is 0 Å². The number of carbonyl (C=O) groups excluding carboxylic acids is 1. The van der Waals surface area contributed by atoms with E-state index >= 15 is 0 Å². The third-order valence-corrected chi connectivity index (χ3v) is 2.89. The molecule has 0 radical (unpaired) electrons. The van der Waals surface area contributed by atoms with Crippen molar-refractivity contribution in [1.29, 1.82) is 0 Å². The van der Waals surface area contributed by atoms with Gasteiger partial charge in [-0.05, 0) is 19.1 Å². The highest BCUT2D eigenvalue weighted by molar-refractivity contribution is 6.31. The van der Waals surface area contributed by atoms with Gasteiger partial charge < -0.3 is 9.32 Å². The average Bonchev–Trinajstić information content (AvgIpc) is 2.98. The Morgan fingerprint density at radius 3 is 2.94 bits per heavy atom. The van der Waals surface area contributed by atoms with Crippen LogP contribution in [0.25, 0.3) is 0 Å². The number of aryl methyl sites for hydroxylation is 1. The van der Waals surface area contributed by atoms with E-state index in [4.69, 9.17) is 16.0 Å². The second kappa shape index (κ2) is 5.27. The van der Waals surface area contributed by atoms with Crippen molar-refractivity contribution in [3.63, 3.8) is 0 Å². The Morgan fingerprint density at radius 2 is 2.39 bits per heavy atom. The molecule has 0 spiro atoms. The predicted molar refractivity (Wildman–Crippen MR) is 67.4 cm³/mol. The number of halogens is 1. The smallest absolute Gasteiger partial charge is 0.289 e. The molecule has 0 fully saturated rings. The first-order chi connectivity index (χ1) is 8.61. The fourth-order valence-corrected chi connectivity index (χ4v) is 1.80. The molecule has 0 unspecified atom stereocenters. The van der Waals surface area contributed by atoms with Crippen LogP contribution in [0.15, 0.2) is 29.0 Å². The largest absolute Gasteiger partial charge is 0.459 e. The van der Waals surface area contributed by atoms with Gasteiger partial charge in [-0.2, -0.15) is 5.10 Å². The van der Waals surface area contributed by atoms with Gasteiger partial charge in [0.25, 0.3) is 5.91 Å². The molecule has 2 heterocycles. The molecule has 5 nitrogen and oxygen atoms in total. The Bertz CT molecular complexity index is 534. The molecule has 0 aliphatic heterocycles. The van der Waals surface area contributed by atoms with E-state index in [-0.39, 0.29) is 5.91 Å². The Balaban J connectivity index is 2.09. The van der Waals surface area contributed by atoms with Crippen molar-refractivity contribution in [3.05, 3.63) is 41.1 Å². The number of hydrogen-bond donors (Lipinski definition) is 0. The molecule has 0 N–H and O–H groups in total. The Labute approximate surface area is 110 Å². The van der Waals surface area contributed by atoms with E-state index in [0.29, 0.717) is 23.0 Å². The summed E-state index contributed by atoms with van der Waals surface area (Å²) >= 11 is 6.05. The zero-order valence-corrected chi connectivity index (χ0v) is 11.0. The lowest BCUT2D eigenvalue weighted by molar-refractivity contribution is 0.0751. The van der Waals surface area contributed by atoms with Crippen LogP contribution in [0, 0.1) is 0 Å². The fraction of sp³-hybridized carbons (Fsp3) is 0.333. The standard InChI is InChI=1S/C12H14ClN3O2/c1-3-16-7-9(13)10(14-16)8-15(2)12(17)11-5-4-6-18-11/h4-7H,3,8H2,1-2H3. The van der Waals surface area contributed by atoms with E-state index in [1.165, 1.54) is 11.2 Å². The molecule has 96 valence electrons. The SMILES string of the molecule is CCn1cc(Cl)c(CN(C)C(=O)c2ccco2)n1. The lowest BCUT2D eigenvalue weighted by Gasteiger charge is -2.14. The third kappa shape index (κ3) is 2.56. The third-order valence-electron chi connectivity index (χ3n) is 2.58. The molecule has 2 aromatic heterocycles. The molecule has 18 heavy (non-hydrogen) atoms. The van der Waals surface area contributed by atoms with Gasteiger partial charge >= 0.3 is 0 Å². The van der Waals surface area contributed by atoms with Gasteiger partial charge in [0.05, 0.1) is 17.8 Å². The van der Waals surface area contributed by atoms with Crippen molar-refractivity contribution in [2.45, 2.75) is 20.0 Å². The molecule has 6 heteroatoms. The quantitative estimate of drug-likeness (QED) is 0.855. The maximum absolute atomic E-state index is 12.0. The number of amides is 1. The van der Waals surface area contributed by atoms with Crippen LogP contribution in [-0.2, 0) is 13.1 Å². The molecule has 0 aromatic carbocycles. The van der Waals surface area contributed by atoms with E-state index in [2.05, 4.69) is 5.10 Å². The van der Waals surface area contributed by atoms with Crippen molar-refractivity contribution in [3.8, 4) is 0 Å². The normalized spacial score (nSPS) is 10.6. The monoisotopic (exact) mass is 267 g/mol. The van der Waals surface area contributed by atoms with E-state index in [9.17, 15) is 4.79 Å². The molecule has 0 aliphatic carbocycles. The van der Waals surface area contributed by atoms with Crippen molar-refractivity contribution in [2.24, 2.45) is 0 Å². The second-order valence-corrected chi connectivity index (χ2v) is 4.33. The first kappa shape index (κ1) is 12.7. The summed E-state index contributed by atoms with van der Waals surface area (Å²) in [5, 5.41) is 4.86. The van der Waals surface area contributed by atoms with Gasteiger partial charge in [-0.3, -0.25) is 9.48 Å².